The number of sulfonamides is 1. The van der Waals surface area contributed by atoms with Crippen molar-refractivity contribution in [1.29, 1.82) is 0 Å². The Bertz CT molecular complexity index is 818. The van der Waals surface area contributed by atoms with Crippen LogP contribution in [-0.4, -0.2) is 36.0 Å². The zero-order valence-corrected chi connectivity index (χ0v) is 13.6. The second-order valence-corrected chi connectivity index (χ2v) is 8.74. The van der Waals surface area contributed by atoms with E-state index in [1.54, 1.807) is 0 Å². The highest BCUT2D eigenvalue weighted by atomic mass is 35.5. The fraction of sp³-hybridized carbons (Fsp3) is 0.455. The summed E-state index contributed by atoms with van der Waals surface area (Å²) in [6, 6.07) is 2.87. The highest BCUT2D eigenvalue weighted by molar-refractivity contribution is 7.91. The lowest BCUT2D eigenvalue weighted by atomic mass is 10.1. The van der Waals surface area contributed by atoms with E-state index in [1.807, 2.05) is 0 Å². The molecule has 12 heteroatoms. The molecule has 0 radical (unpaired) electrons. The monoisotopic (exact) mass is 387 g/mol. The lowest BCUT2D eigenvalue weighted by molar-refractivity contribution is -0.159. The van der Waals surface area contributed by atoms with E-state index in [4.69, 9.17) is 11.6 Å². The zero-order chi connectivity index (χ0) is 16.8. The van der Waals surface area contributed by atoms with Crippen molar-refractivity contribution >= 4 is 33.0 Å². The van der Waals surface area contributed by atoms with Gasteiger partial charge >= 0.3 is 12.1 Å². The first-order valence-corrected chi connectivity index (χ1v) is 8.97. The summed E-state index contributed by atoms with van der Waals surface area (Å²) in [5, 5.41) is 3.31. The molecule has 0 saturated carbocycles. The summed E-state index contributed by atoms with van der Waals surface area (Å²) in [5.74, 6) is -2.11. The molecule has 1 fully saturated rings. The lowest BCUT2D eigenvalue weighted by Gasteiger charge is -2.14. The minimum Gasteiger partial charge on any atom is -0.329 e. The molecule has 0 aromatic carbocycles. The van der Waals surface area contributed by atoms with E-state index >= 15 is 0 Å². The Morgan fingerprint density at radius 2 is 2.13 bits per heavy atom. The van der Waals surface area contributed by atoms with Gasteiger partial charge in [0.2, 0.25) is 0 Å². The molecule has 1 saturated heterocycles. The van der Waals surface area contributed by atoms with Crippen LogP contribution in [0.1, 0.15) is 24.1 Å². The van der Waals surface area contributed by atoms with E-state index in [2.05, 4.69) is 14.7 Å². The minimum atomic E-state index is -4.72. The van der Waals surface area contributed by atoms with Crippen LogP contribution in [0.4, 0.5) is 13.2 Å². The highest BCUT2D eigenvalue weighted by Gasteiger charge is 2.41. The van der Waals surface area contributed by atoms with E-state index in [0.717, 1.165) is 11.3 Å². The van der Waals surface area contributed by atoms with Crippen molar-refractivity contribution in [3.8, 4) is 0 Å². The molecule has 1 atom stereocenters. The van der Waals surface area contributed by atoms with Gasteiger partial charge in [0.15, 0.2) is 5.82 Å². The molecule has 23 heavy (non-hydrogen) atoms. The number of aromatic nitrogens is 2. The van der Waals surface area contributed by atoms with Gasteiger partial charge in [-0.3, -0.25) is 0 Å². The van der Waals surface area contributed by atoms with Crippen LogP contribution < -0.4 is 0 Å². The average molecular weight is 388 g/mol. The summed E-state index contributed by atoms with van der Waals surface area (Å²) in [5.41, 5.74) is 0. The predicted octanol–water partition coefficient (Wildman–Crippen LogP) is 2.98. The maximum absolute atomic E-state index is 12.5. The van der Waals surface area contributed by atoms with Crippen molar-refractivity contribution in [2.75, 3.05) is 13.1 Å². The zero-order valence-electron chi connectivity index (χ0n) is 11.2. The summed E-state index contributed by atoms with van der Waals surface area (Å²) in [6.07, 6.45) is -4.40. The average Bonchev–Trinajstić information content (AvgIpc) is 3.17. The second kappa shape index (κ2) is 5.72. The van der Waals surface area contributed by atoms with Crippen LogP contribution >= 0.6 is 22.9 Å². The van der Waals surface area contributed by atoms with Crippen LogP contribution in [0, 0.1) is 0 Å². The molecule has 2 aromatic heterocycles. The summed E-state index contributed by atoms with van der Waals surface area (Å²) in [4.78, 5) is 3.31. The maximum Gasteiger partial charge on any atom is 0.471 e. The predicted molar refractivity (Wildman–Crippen MR) is 74.7 cm³/mol. The van der Waals surface area contributed by atoms with Crippen LogP contribution in [0.15, 0.2) is 20.9 Å². The highest BCUT2D eigenvalue weighted by Crippen LogP contribution is 2.35. The Morgan fingerprint density at radius 3 is 2.70 bits per heavy atom. The van der Waals surface area contributed by atoms with Gasteiger partial charge in [-0.25, -0.2) is 8.42 Å². The van der Waals surface area contributed by atoms with E-state index < -0.39 is 28.0 Å². The number of rotatable bonds is 3. The van der Waals surface area contributed by atoms with Crippen molar-refractivity contribution in [3.63, 3.8) is 0 Å². The molecule has 0 amide bonds. The normalized spacial score (nSPS) is 20.3. The molecule has 0 aliphatic carbocycles. The quantitative estimate of drug-likeness (QED) is 0.809. The van der Waals surface area contributed by atoms with Crippen molar-refractivity contribution in [2.45, 2.75) is 22.7 Å². The third kappa shape index (κ3) is 3.23. The number of nitrogens with zero attached hydrogens (tertiary/aromatic N) is 3. The summed E-state index contributed by atoms with van der Waals surface area (Å²) >= 11 is 6.66. The Balaban J connectivity index is 1.77. The Kier molecular flexibility index (Phi) is 4.15. The lowest BCUT2D eigenvalue weighted by Crippen LogP contribution is -2.28. The van der Waals surface area contributed by atoms with Crippen molar-refractivity contribution in [2.24, 2.45) is 0 Å². The topological polar surface area (TPSA) is 76.3 Å². The first kappa shape index (κ1) is 16.7. The van der Waals surface area contributed by atoms with Gasteiger partial charge in [-0.05, 0) is 18.6 Å². The van der Waals surface area contributed by atoms with Gasteiger partial charge in [0.05, 0.1) is 4.34 Å². The first-order chi connectivity index (χ1) is 10.7. The summed E-state index contributed by atoms with van der Waals surface area (Å²) in [6.45, 7) is 0.160. The van der Waals surface area contributed by atoms with Gasteiger partial charge in [-0.1, -0.05) is 16.8 Å². The Labute approximate surface area is 137 Å². The van der Waals surface area contributed by atoms with Gasteiger partial charge in [0, 0.05) is 19.0 Å². The molecule has 126 valence electrons. The smallest absolute Gasteiger partial charge is 0.329 e. The molecule has 0 spiro atoms. The Morgan fingerprint density at radius 1 is 1.39 bits per heavy atom. The number of thiophene rings is 1. The van der Waals surface area contributed by atoms with Gasteiger partial charge < -0.3 is 4.52 Å². The fourth-order valence-electron chi connectivity index (χ4n) is 2.24. The van der Waals surface area contributed by atoms with E-state index in [1.165, 1.54) is 16.4 Å². The molecule has 0 bridgehead atoms. The third-order valence-corrected chi connectivity index (χ3v) is 6.91. The maximum atomic E-state index is 12.5. The van der Waals surface area contributed by atoms with Crippen molar-refractivity contribution in [3.05, 3.63) is 28.2 Å². The van der Waals surface area contributed by atoms with Gasteiger partial charge in [-0.2, -0.15) is 22.5 Å². The van der Waals surface area contributed by atoms with Gasteiger partial charge in [-0.15, -0.1) is 11.3 Å². The van der Waals surface area contributed by atoms with Gasteiger partial charge in [0.25, 0.3) is 10.0 Å². The third-order valence-electron chi connectivity index (χ3n) is 3.34. The molecule has 0 unspecified atom stereocenters. The first-order valence-electron chi connectivity index (χ1n) is 6.34. The Hall–Kier alpha value is -1.17. The largest absolute Gasteiger partial charge is 0.471 e. The van der Waals surface area contributed by atoms with Crippen LogP contribution in [0.5, 0.6) is 0 Å². The molecular formula is C11H9ClF3N3O3S2. The van der Waals surface area contributed by atoms with Crippen molar-refractivity contribution in [1.82, 2.24) is 14.4 Å². The second-order valence-electron chi connectivity index (χ2n) is 4.86. The van der Waals surface area contributed by atoms with Crippen molar-refractivity contribution < 1.29 is 26.1 Å². The number of alkyl halides is 3. The molecule has 3 rings (SSSR count). The molecule has 3 heterocycles. The summed E-state index contributed by atoms with van der Waals surface area (Å²) in [7, 11) is -3.72. The van der Waals surface area contributed by atoms with E-state index in [-0.39, 0.29) is 23.1 Å². The van der Waals surface area contributed by atoms with Crippen LogP contribution in [0.2, 0.25) is 4.34 Å². The summed E-state index contributed by atoms with van der Waals surface area (Å²) < 4.78 is 68.0. The molecule has 1 aliphatic heterocycles. The van der Waals surface area contributed by atoms with Crippen LogP contribution in [0.3, 0.4) is 0 Å². The number of halogens is 4. The van der Waals surface area contributed by atoms with E-state index in [0.29, 0.717) is 10.8 Å². The van der Waals surface area contributed by atoms with Gasteiger partial charge in [0.1, 0.15) is 4.21 Å². The van der Waals surface area contributed by atoms with Crippen LogP contribution in [0.25, 0.3) is 0 Å². The standard InChI is InChI=1S/C11H9ClF3N3O3S2/c12-7-1-2-8(22-7)23(19,20)18-4-3-6(5-18)9-16-10(21-17-9)11(13,14)15/h1-2,6H,3-5H2/t6-/m1/s1. The van der Waals surface area contributed by atoms with Crippen LogP contribution in [-0.2, 0) is 16.2 Å². The number of hydrogen-bond donors (Lipinski definition) is 0. The number of hydrogen-bond acceptors (Lipinski definition) is 6. The SMILES string of the molecule is O=S(=O)(c1ccc(Cl)s1)N1CC[C@@H](c2noc(C(F)(F)F)n2)C1. The molecule has 1 aliphatic rings. The molecule has 6 nitrogen and oxygen atoms in total. The fourth-order valence-corrected chi connectivity index (χ4v) is 5.37. The molecule has 0 N–H and O–H groups in total. The molecular weight excluding hydrogens is 379 g/mol. The minimum absolute atomic E-state index is 0.00527. The van der Waals surface area contributed by atoms with E-state index in [9.17, 15) is 21.6 Å². The molecule has 2 aromatic rings.